The zero-order chi connectivity index (χ0) is 10.1. The Balaban J connectivity index is 3.32. The van der Waals surface area contributed by atoms with Crippen molar-refractivity contribution in [3.05, 3.63) is 23.4 Å². The normalized spacial score (nSPS) is 11.3. The lowest BCUT2D eigenvalue weighted by atomic mass is 10.2. The van der Waals surface area contributed by atoms with Crippen molar-refractivity contribution >= 4 is 12.1 Å². The summed E-state index contributed by atoms with van der Waals surface area (Å²) in [5.74, 6) is -0.266. The molecule has 0 bridgehead atoms. The summed E-state index contributed by atoms with van der Waals surface area (Å²) < 4.78 is 36.4. The number of rotatable bonds is 1. The Morgan fingerprint density at radius 3 is 2.46 bits per heavy atom. The molecule has 0 unspecified atom stereocenters. The van der Waals surface area contributed by atoms with E-state index in [1.165, 1.54) is 0 Å². The van der Waals surface area contributed by atoms with Crippen molar-refractivity contribution in [1.82, 2.24) is 4.98 Å². The Kier molecular flexibility index (Phi) is 2.22. The Morgan fingerprint density at radius 1 is 1.38 bits per heavy atom. The highest BCUT2D eigenvalue weighted by Crippen LogP contribution is 2.30. The molecule has 0 aliphatic carbocycles. The zero-order valence-electron chi connectivity index (χ0n) is 6.30. The van der Waals surface area contributed by atoms with Gasteiger partial charge in [0.05, 0.1) is 0 Å². The third-order valence-electron chi connectivity index (χ3n) is 1.34. The molecule has 0 aliphatic rings. The Hall–Kier alpha value is -1.59. The van der Waals surface area contributed by atoms with Crippen LogP contribution < -0.4 is 5.73 Å². The first-order valence-corrected chi connectivity index (χ1v) is 3.24. The van der Waals surface area contributed by atoms with Crippen LogP contribution >= 0.6 is 0 Å². The monoisotopic (exact) mass is 190 g/mol. The lowest BCUT2D eigenvalue weighted by Crippen LogP contribution is -2.12. The van der Waals surface area contributed by atoms with E-state index in [4.69, 9.17) is 5.73 Å². The number of hydrogen-bond acceptors (Lipinski definition) is 3. The fourth-order valence-electron chi connectivity index (χ4n) is 0.807. The maximum atomic E-state index is 12.1. The Bertz CT molecular complexity index is 335. The van der Waals surface area contributed by atoms with Gasteiger partial charge in [0.25, 0.3) is 0 Å². The van der Waals surface area contributed by atoms with Gasteiger partial charge in [-0.3, -0.25) is 4.79 Å². The van der Waals surface area contributed by atoms with E-state index in [0.717, 1.165) is 12.1 Å². The molecule has 0 saturated heterocycles. The number of hydrogen-bond donors (Lipinski definition) is 1. The van der Waals surface area contributed by atoms with Crippen molar-refractivity contribution in [2.45, 2.75) is 6.18 Å². The van der Waals surface area contributed by atoms with Crippen LogP contribution in [0.3, 0.4) is 0 Å². The molecule has 1 aromatic rings. The third kappa shape index (κ3) is 1.95. The molecule has 0 aliphatic heterocycles. The fourth-order valence-corrected chi connectivity index (χ4v) is 0.807. The number of nitrogens with two attached hydrogens (primary N) is 1. The van der Waals surface area contributed by atoms with Crippen LogP contribution in [0.1, 0.15) is 16.1 Å². The molecule has 70 valence electrons. The van der Waals surface area contributed by atoms with Crippen molar-refractivity contribution in [3.63, 3.8) is 0 Å². The summed E-state index contributed by atoms with van der Waals surface area (Å²) >= 11 is 0. The summed E-state index contributed by atoms with van der Waals surface area (Å²) in [5, 5.41) is 0. The van der Waals surface area contributed by atoms with Gasteiger partial charge in [-0.2, -0.15) is 13.2 Å². The fraction of sp³-hybridized carbons (Fsp3) is 0.143. The number of aldehydes is 1. The smallest absolute Gasteiger partial charge is 0.384 e. The van der Waals surface area contributed by atoms with Gasteiger partial charge in [-0.05, 0) is 12.1 Å². The van der Waals surface area contributed by atoms with Gasteiger partial charge in [-0.1, -0.05) is 0 Å². The molecule has 0 atom stereocenters. The largest absolute Gasteiger partial charge is 0.434 e. The predicted octanol–water partition coefficient (Wildman–Crippen LogP) is 1.50. The lowest BCUT2D eigenvalue weighted by molar-refractivity contribution is -0.141. The number of nitrogen functional groups attached to an aromatic ring is 1. The second-order valence-electron chi connectivity index (χ2n) is 2.29. The molecule has 2 N–H and O–H groups in total. The van der Waals surface area contributed by atoms with E-state index in [2.05, 4.69) is 4.98 Å². The number of pyridine rings is 1. The van der Waals surface area contributed by atoms with Gasteiger partial charge in [0.15, 0.2) is 12.0 Å². The minimum atomic E-state index is -4.65. The SMILES string of the molecule is Nc1ccc(C=O)c(C(F)(F)F)n1. The van der Waals surface area contributed by atoms with Gasteiger partial charge in [0.1, 0.15) is 5.82 Å². The average Bonchev–Trinajstić information content (AvgIpc) is 2.03. The quantitative estimate of drug-likeness (QED) is 0.682. The standard InChI is InChI=1S/C7H5F3N2O/c8-7(9,10)6-4(3-13)1-2-5(11)12-6/h1-3H,(H2,11,12). The second-order valence-corrected chi connectivity index (χ2v) is 2.29. The minimum absolute atomic E-state index is 0.0925. The number of halogens is 3. The van der Waals surface area contributed by atoms with E-state index in [1.54, 1.807) is 0 Å². The summed E-state index contributed by atoms with van der Waals surface area (Å²) in [6.07, 6.45) is -4.55. The molecule has 0 aromatic carbocycles. The molecular formula is C7H5F3N2O. The van der Waals surface area contributed by atoms with Crippen molar-refractivity contribution < 1.29 is 18.0 Å². The van der Waals surface area contributed by atoms with Crippen LogP contribution in [-0.4, -0.2) is 11.3 Å². The molecule has 0 fully saturated rings. The van der Waals surface area contributed by atoms with Crippen LogP contribution in [0, 0.1) is 0 Å². The Labute approximate surface area is 71.4 Å². The topological polar surface area (TPSA) is 56.0 Å². The first-order chi connectivity index (χ1) is 5.95. The first-order valence-electron chi connectivity index (χ1n) is 3.24. The number of alkyl halides is 3. The van der Waals surface area contributed by atoms with E-state index >= 15 is 0 Å². The van der Waals surface area contributed by atoms with E-state index in [-0.39, 0.29) is 12.1 Å². The van der Waals surface area contributed by atoms with Crippen LogP contribution in [0.25, 0.3) is 0 Å². The number of carbonyl (C=O) groups excluding carboxylic acids is 1. The molecule has 3 nitrogen and oxygen atoms in total. The molecule has 13 heavy (non-hydrogen) atoms. The van der Waals surface area contributed by atoms with Gasteiger partial charge >= 0.3 is 6.18 Å². The van der Waals surface area contributed by atoms with Crippen LogP contribution in [0.15, 0.2) is 12.1 Å². The van der Waals surface area contributed by atoms with Crippen molar-refractivity contribution in [3.8, 4) is 0 Å². The second kappa shape index (κ2) is 3.04. The highest BCUT2D eigenvalue weighted by molar-refractivity contribution is 5.77. The molecule has 1 aromatic heterocycles. The summed E-state index contributed by atoms with van der Waals surface area (Å²) in [4.78, 5) is 13.2. The van der Waals surface area contributed by atoms with Crippen molar-refractivity contribution in [2.75, 3.05) is 5.73 Å². The predicted molar refractivity (Wildman–Crippen MR) is 39.0 cm³/mol. The van der Waals surface area contributed by atoms with Gasteiger partial charge in [0.2, 0.25) is 0 Å². The lowest BCUT2D eigenvalue weighted by Gasteiger charge is -2.07. The molecule has 0 spiro atoms. The summed E-state index contributed by atoms with van der Waals surface area (Å²) in [7, 11) is 0. The number of anilines is 1. The highest BCUT2D eigenvalue weighted by Gasteiger charge is 2.35. The first kappa shape index (κ1) is 9.50. The van der Waals surface area contributed by atoms with Gasteiger partial charge in [-0.25, -0.2) is 4.98 Å². The van der Waals surface area contributed by atoms with Gasteiger partial charge < -0.3 is 5.73 Å². The Morgan fingerprint density at radius 2 is 2.00 bits per heavy atom. The van der Waals surface area contributed by atoms with Crippen LogP contribution in [-0.2, 0) is 6.18 Å². The summed E-state index contributed by atoms with van der Waals surface area (Å²) in [5.41, 5.74) is 3.29. The van der Waals surface area contributed by atoms with Crippen LogP contribution in [0.5, 0.6) is 0 Å². The summed E-state index contributed by atoms with van der Waals surface area (Å²) in [6, 6.07) is 2.12. The zero-order valence-corrected chi connectivity index (χ0v) is 6.30. The molecular weight excluding hydrogens is 185 g/mol. The molecule has 0 saturated carbocycles. The number of aromatic nitrogens is 1. The van der Waals surface area contributed by atoms with E-state index in [0.29, 0.717) is 0 Å². The van der Waals surface area contributed by atoms with E-state index < -0.39 is 17.4 Å². The third-order valence-corrected chi connectivity index (χ3v) is 1.34. The van der Waals surface area contributed by atoms with Crippen LogP contribution in [0.2, 0.25) is 0 Å². The number of nitrogens with zero attached hydrogens (tertiary/aromatic N) is 1. The van der Waals surface area contributed by atoms with Crippen molar-refractivity contribution in [1.29, 1.82) is 0 Å². The highest BCUT2D eigenvalue weighted by atomic mass is 19.4. The van der Waals surface area contributed by atoms with E-state index in [1.807, 2.05) is 0 Å². The van der Waals surface area contributed by atoms with Crippen molar-refractivity contribution in [2.24, 2.45) is 0 Å². The number of carbonyl (C=O) groups is 1. The summed E-state index contributed by atoms with van der Waals surface area (Å²) in [6.45, 7) is 0. The average molecular weight is 190 g/mol. The maximum Gasteiger partial charge on any atom is 0.434 e. The van der Waals surface area contributed by atoms with Gasteiger partial charge in [-0.15, -0.1) is 0 Å². The molecule has 1 rings (SSSR count). The van der Waals surface area contributed by atoms with Gasteiger partial charge in [0, 0.05) is 5.56 Å². The molecule has 1 heterocycles. The van der Waals surface area contributed by atoms with Crippen LogP contribution in [0.4, 0.5) is 19.0 Å². The van der Waals surface area contributed by atoms with E-state index in [9.17, 15) is 18.0 Å². The minimum Gasteiger partial charge on any atom is -0.384 e. The molecule has 0 amide bonds. The molecule has 6 heteroatoms. The maximum absolute atomic E-state index is 12.1. The molecule has 0 radical (unpaired) electrons.